The summed E-state index contributed by atoms with van der Waals surface area (Å²) in [5.41, 5.74) is 2.00. The maximum Gasteiger partial charge on any atom is 0.271 e. The van der Waals surface area contributed by atoms with Gasteiger partial charge in [-0.1, -0.05) is 34.4 Å². The fourth-order valence-corrected chi connectivity index (χ4v) is 6.34. The van der Waals surface area contributed by atoms with Crippen molar-refractivity contribution in [2.75, 3.05) is 6.54 Å². The molecule has 0 saturated carbocycles. The summed E-state index contributed by atoms with van der Waals surface area (Å²) in [7, 11) is -4.24. The van der Waals surface area contributed by atoms with Crippen molar-refractivity contribution in [2.24, 2.45) is 10.9 Å². The molecular formula is C22H23Cl2N5O4S. The molecule has 0 aliphatic carbocycles. The van der Waals surface area contributed by atoms with Crippen LogP contribution in [0.2, 0.25) is 10.0 Å². The van der Waals surface area contributed by atoms with Gasteiger partial charge in [0, 0.05) is 18.3 Å². The van der Waals surface area contributed by atoms with Crippen LogP contribution in [0.5, 0.6) is 0 Å². The fraction of sp³-hybridized carbons (Fsp3) is 0.364. The number of amides is 1. The molecule has 3 aromatic rings. The van der Waals surface area contributed by atoms with E-state index in [2.05, 4.69) is 15.2 Å². The zero-order valence-corrected chi connectivity index (χ0v) is 21.5. The summed E-state index contributed by atoms with van der Waals surface area (Å²) >= 11 is 12.4. The molecule has 12 heteroatoms. The Morgan fingerprint density at radius 2 is 1.85 bits per heavy atom. The predicted octanol–water partition coefficient (Wildman–Crippen LogP) is 4.65. The Hall–Kier alpha value is -2.69. The number of carbonyl (C=O) groups excluding carboxylic acids is 1. The fourth-order valence-electron chi connectivity index (χ4n) is 4.31. The minimum absolute atomic E-state index is 0.0892. The summed E-state index contributed by atoms with van der Waals surface area (Å²) in [6, 6.07) is 6.16. The molecule has 180 valence electrons. The van der Waals surface area contributed by atoms with Gasteiger partial charge in [-0.2, -0.15) is 5.10 Å². The van der Waals surface area contributed by atoms with Crippen LogP contribution in [-0.2, 0) is 14.8 Å². The summed E-state index contributed by atoms with van der Waals surface area (Å²) in [5.74, 6) is -0.923. The molecule has 4 rings (SSSR count). The molecule has 9 nitrogen and oxygen atoms in total. The van der Waals surface area contributed by atoms with Gasteiger partial charge in [0.05, 0.1) is 21.8 Å². The molecule has 2 atom stereocenters. The molecule has 1 aromatic carbocycles. The Bertz CT molecular complexity index is 1410. The molecule has 2 aromatic heterocycles. The van der Waals surface area contributed by atoms with Crippen molar-refractivity contribution >= 4 is 50.7 Å². The summed E-state index contributed by atoms with van der Waals surface area (Å²) < 4.78 is 34.6. The van der Waals surface area contributed by atoms with Crippen molar-refractivity contribution in [2.45, 2.75) is 45.6 Å². The van der Waals surface area contributed by atoms with Crippen molar-refractivity contribution in [1.29, 1.82) is 0 Å². The van der Waals surface area contributed by atoms with Crippen molar-refractivity contribution in [3.8, 4) is 0 Å². The van der Waals surface area contributed by atoms with Crippen LogP contribution < -0.4 is 0 Å². The standard InChI is InChI=1S/C22H23Cl2N5O4S/c1-6-28(34(31,32)21-13(4)27-33-14(21)5)22(30)19-12(3)25-18-9-11(2)26-29(18)20(19)15-7-8-16(23)17(24)10-15/h7-10,19-20H,6H2,1-5H3. The maximum atomic E-state index is 14.0. The Labute approximate surface area is 207 Å². The van der Waals surface area contributed by atoms with Crippen LogP contribution in [0.15, 0.2) is 38.7 Å². The zero-order chi connectivity index (χ0) is 24.9. The number of halogens is 2. The number of sulfonamides is 1. The number of fused-ring (bicyclic) bond motifs is 1. The number of rotatable bonds is 5. The van der Waals surface area contributed by atoms with Crippen LogP contribution in [-0.4, -0.2) is 45.8 Å². The highest BCUT2D eigenvalue weighted by atomic mass is 35.5. The van der Waals surface area contributed by atoms with Crippen LogP contribution >= 0.6 is 23.2 Å². The minimum Gasteiger partial charge on any atom is -0.360 e. The lowest BCUT2D eigenvalue weighted by Crippen LogP contribution is -2.47. The second kappa shape index (κ2) is 8.83. The molecule has 0 radical (unpaired) electrons. The molecule has 3 heterocycles. The van der Waals surface area contributed by atoms with Gasteiger partial charge in [0.1, 0.15) is 11.6 Å². The molecule has 1 amide bonds. The molecule has 34 heavy (non-hydrogen) atoms. The molecule has 0 bridgehead atoms. The van der Waals surface area contributed by atoms with Crippen molar-refractivity contribution < 1.29 is 17.7 Å². The molecule has 0 saturated heterocycles. The van der Waals surface area contributed by atoms with E-state index in [0.29, 0.717) is 32.8 Å². The van der Waals surface area contributed by atoms with Crippen molar-refractivity contribution in [3.05, 3.63) is 57.0 Å². The Morgan fingerprint density at radius 1 is 1.15 bits per heavy atom. The van der Waals surface area contributed by atoms with Gasteiger partial charge in [-0.25, -0.2) is 22.4 Å². The van der Waals surface area contributed by atoms with Gasteiger partial charge in [-0.15, -0.1) is 0 Å². The highest BCUT2D eigenvalue weighted by Crippen LogP contribution is 2.40. The first-order valence-corrected chi connectivity index (χ1v) is 12.7. The third-order valence-corrected chi connectivity index (χ3v) is 8.61. The van der Waals surface area contributed by atoms with E-state index in [0.717, 1.165) is 4.31 Å². The highest BCUT2D eigenvalue weighted by molar-refractivity contribution is 7.89. The van der Waals surface area contributed by atoms with Gasteiger partial charge in [-0.3, -0.25) is 4.79 Å². The van der Waals surface area contributed by atoms with Crippen molar-refractivity contribution in [3.63, 3.8) is 0 Å². The van der Waals surface area contributed by atoms with E-state index in [1.54, 1.807) is 42.8 Å². The highest BCUT2D eigenvalue weighted by Gasteiger charge is 2.44. The molecule has 0 fully saturated rings. The smallest absolute Gasteiger partial charge is 0.271 e. The second-order valence-corrected chi connectivity index (χ2v) is 10.7. The lowest BCUT2D eigenvalue weighted by molar-refractivity contribution is -0.129. The summed E-state index contributed by atoms with van der Waals surface area (Å²) in [5, 5.41) is 8.96. The van der Waals surface area contributed by atoms with Crippen LogP contribution in [0.1, 0.15) is 42.6 Å². The number of hydrogen-bond acceptors (Lipinski definition) is 7. The lowest BCUT2D eigenvalue weighted by Gasteiger charge is -2.34. The average molecular weight is 524 g/mol. The van der Waals surface area contributed by atoms with Crippen LogP contribution in [0.3, 0.4) is 0 Å². The first-order valence-electron chi connectivity index (χ1n) is 10.5. The monoisotopic (exact) mass is 523 g/mol. The van der Waals surface area contributed by atoms with Gasteiger partial charge in [0.25, 0.3) is 10.0 Å². The van der Waals surface area contributed by atoms with E-state index in [1.807, 2.05) is 6.92 Å². The van der Waals surface area contributed by atoms with Gasteiger partial charge < -0.3 is 4.52 Å². The average Bonchev–Trinajstić information content (AvgIpc) is 3.29. The largest absolute Gasteiger partial charge is 0.360 e. The summed E-state index contributed by atoms with van der Waals surface area (Å²) in [6.45, 7) is 8.05. The van der Waals surface area contributed by atoms with Gasteiger partial charge in [0.2, 0.25) is 5.91 Å². The number of benzene rings is 1. The number of aromatic nitrogens is 3. The summed E-state index contributed by atoms with van der Waals surface area (Å²) in [4.78, 5) is 18.4. The van der Waals surface area contributed by atoms with E-state index < -0.39 is 27.9 Å². The van der Waals surface area contributed by atoms with E-state index in [9.17, 15) is 13.2 Å². The molecule has 1 aliphatic rings. The third-order valence-electron chi connectivity index (χ3n) is 5.76. The number of hydrogen-bond donors (Lipinski definition) is 0. The van der Waals surface area contributed by atoms with Gasteiger partial charge >= 0.3 is 0 Å². The Kier molecular flexibility index (Phi) is 6.34. The summed E-state index contributed by atoms with van der Waals surface area (Å²) in [6.07, 6.45) is 0. The van der Waals surface area contributed by atoms with Gasteiger partial charge in [0.15, 0.2) is 16.5 Å². The SMILES string of the molecule is CCN(C(=O)C1C(C)=Nc2cc(C)nn2C1c1ccc(Cl)c(Cl)c1)S(=O)(=O)c1c(C)noc1C. The number of nitrogens with zero attached hydrogens (tertiary/aromatic N) is 5. The van der Waals surface area contributed by atoms with Crippen LogP contribution in [0.25, 0.3) is 0 Å². The van der Waals surface area contributed by atoms with E-state index in [-0.39, 0.29) is 22.9 Å². The Morgan fingerprint density at radius 3 is 2.44 bits per heavy atom. The molecular weight excluding hydrogens is 501 g/mol. The molecule has 2 unspecified atom stereocenters. The second-order valence-electron chi connectivity index (χ2n) is 8.10. The van der Waals surface area contributed by atoms with E-state index in [4.69, 9.17) is 27.7 Å². The molecule has 1 aliphatic heterocycles. The molecule has 0 spiro atoms. The Balaban J connectivity index is 1.87. The topological polar surface area (TPSA) is 111 Å². The normalized spacial score (nSPS) is 17.9. The molecule has 0 N–H and O–H groups in total. The number of carbonyl (C=O) groups is 1. The van der Waals surface area contributed by atoms with Gasteiger partial charge in [-0.05, 0) is 52.3 Å². The third kappa shape index (κ3) is 3.93. The minimum atomic E-state index is -4.24. The number of aryl methyl sites for hydroxylation is 3. The quantitative estimate of drug-likeness (QED) is 0.481. The first kappa shape index (κ1) is 24.4. The van der Waals surface area contributed by atoms with Crippen LogP contribution in [0, 0.1) is 26.7 Å². The van der Waals surface area contributed by atoms with E-state index in [1.165, 1.54) is 13.8 Å². The number of aliphatic imine (C=N–C) groups is 1. The lowest BCUT2D eigenvalue weighted by atomic mass is 9.87. The van der Waals surface area contributed by atoms with Crippen molar-refractivity contribution in [1.82, 2.24) is 19.2 Å². The zero-order valence-electron chi connectivity index (χ0n) is 19.2. The predicted molar refractivity (Wildman–Crippen MR) is 128 cm³/mol. The van der Waals surface area contributed by atoms with Crippen LogP contribution in [0.4, 0.5) is 5.82 Å². The van der Waals surface area contributed by atoms with E-state index >= 15 is 0 Å². The maximum absolute atomic E-state index is 14.0. The first-order chi connectivity index (χ1) is 16.0.